The molecule has 0 spiro atoms. The van der Waals surface area contributed by atoms with Gasteiger partial charge in [0.15, 0.2) is 23.7 Å². The average molecular weight is 407 g/mol. The van der Waals surface area contributed by atoms with Crippen LogP contribution in [0.2, 0.25) is 0 Å². The molecule has 3 rings (SSSR count). The molecular formula is C19H21NO7S. The van der Waals surface area contributed by atoms with Crippen LogP contribution in [0.4, 0.5) is 0 Å². The van der Waals surface area contributed by atoms with Crippen molar-refractivity contribution in [3.8, 4) is 5.75 Å². The monoisotopic (exact) mass is 407 g/mol. The van der Waals surface area contributed by atoms with Gasteiger partial charge in [0.2, 0.25) is 0 Å². The molecule has 150 valence electrons. The van der Waals surface area contributed by atoms with Crippen LogP contribution in [0, 0.1) is 0 Å². The number of hydrogen-bond acceptors (Lipinski definition) is 8. The van der Waals surface area contributed by atoms with E-state index in [1.807, 2.05) is 24.4 Å². The van der Waals surface area contributed by atoms with Crippen molar-refractivity contribution in [3.63, 3.8) is 0 Å². The molecule has 28 heavy (non-hydrogen) atoms. The Balaban J connectivity index is 1.86. The van der Waals surface area contributed by atoms with Gasteiger partial charge < -0.3 is 23.9 Å². The lowest BCUT2D eigenvalue weighted by Gasteiger charge is -2.39. The maximum Gasteiger partial charge on any atom is 0.303 e. The number of hydrogen-bond donors (Lipinski definition) is 1. The first-order chi connectivity index (χ1) is 13.3. The topological polar surface area (TPSA) is 104 Å². The number of carbonyl (C=O) groups excluding carboxylic acids is 3. The summed E-state index contributed by atoms with van der Waals surface area (Å²) in [6.07, 6.45) is -0.831. The number of esters is 3. The summed E-state index contributed by atoms with van der Waals surface area (Å²) in [4.78, 5) is 37.8. The molecule has 4 atom stereocenters. The van der Waals surface area contributed by atoms with Gasteiger partial charge in [0.1, 0.15) is 5.75 Å². The molecule has 1 aliphatic rings. The number of aromatic nitrogens is 1. The summed E-state index contributed by atoms with van der Waals surface area (Å²) in [5, 5.41) is 1.04. The lowest BCUT2D eigenvalue weighted by molar-refractivity contribution is -0.186. The lowest BCUT2D eigenvalue weighted by Crippen LogP contribution is -2.55. The van der Waals surface area contributed by atoms with Crippen molar-refractivity contribution in [1.29, 1.82) is 0 Å². The lowest BCUT2D eigenvalue weighted by atomic mass is 10.1. The van der Waals surface area contributed by atoms with Crippen LogP contribution in [0.25, 0.3) is 10.9 Å². The Kier molecular flexibility index (Phi) is 6.13. The van der Waals surface area contributed by atoms with Gasteiger partial charge in [-0.25, -0.2) is 0 Å². The van der Waals surface area contributed by atoms with Crippen molar-refractivity contribution in [1.82, 2.24) is 4.98 Å². The van der Waals surface area contributed by atoms with Gasteiger partial charge in [0.25, 0.3) is 0 Å². The highest BCUT2D eigenvalue weighted by atomic mass is 32.2. The normalized spacial score (nSPS) is 24.4. The molecule has 0 amide bonds. The summed E-state index contributed by atoms with van der Waals surface area (Å²) in [5.41, 5.74) is 0.254. The van der Waals surface area contributed by atoms with E-state index in [2.05, 4.69) is 4.98 Å². The van der Waals surface area contributed by atoms with E-state index in [1.54, 1.807) is 6.07 Å². The molecule has 2 aromatic rings. The minimum absolute atomic E-state index is 0.324. The number of nitrogens with one attached hydrogen (secondary N) is 1. The Labute approximate surface area is 165 Å². The SMILES string of the molecule is CC(=O)O[C@@H]1[C@@H](OC(C)=O)[C@@H](Oc2ccc3cc[nH]c3c2)SC[C@H]1OC(C)=O. The van der Waals surface area contributed by atoms with Gasteiger partial charge in [0.05, 0.1) is 0 Å². The maximum absolute atomic E-state index is 11.7. The molecule has 0 bridgehead atoms. The van der Waals surface area contributed by atoms with Crippen LogP contribution in [0.5, 0.6) is 5.75 Å². The van der Waals surface area contributed by atoms with Crippen LogP contribution in [-0.4, -0.2) is 52.4 Å². The van der Waals surface area contributed by atoms with Gasteiger partial charge in [-0.15, -0.1) is 11.8 Å². The molecule has 0 aliphatic carbocycles. The summed E-state index contributed by atoms with van der Waals surface area (Å²) in [7, 11) is 0. The average Bonchev–Trinajstić information content (AvgIpc) is 3.06. The van der Waals surface area contributed by atoms with Crippen molar-refractivity contribution in [2.24, 2.45) is 0 Å². The van der Waals surface area contributed by atoms with Gasteiger partial charge >= 0.3 is 17.9 Å². The number of carbonyl (C=O) groups is 3. The quantitative estimate of drug-likeness (QED) is 0.595. The molecule has 1 saturated heterocycles. The second kappa shape index (κ2) is 8.55. The largest absolute Gasteiger partial charge is 0.476 e. The molecule has 8 nitrogen and oxygen atoms in total. The number of benzene rings is 1. The predicted molar refractivity (Wildman–Crippen MR) is 102 cm³/mol. The first kappa shape index (κ1) is 20.1. The van der Waals surface area contributed by atoms with Crippen molar-refractivity contribution in [2.45, 2.75) is 44.5 Å². The zero-order valence-electron chi connectivity index (χ0n) is 15.7. The maximum atomic E-state index is 11.7. The standard InChI is InChI=1S/C19H21NO7S/c1-10(21)24-16-9-28-19(18(26-12(3)23)17(16)25-11(2)22)27-14-5-4-13-6-7-20-15(13)8-14/h4-8,16-20H,9H2,1-3H3/t16-,17+,18-,19+/m1/s1. The Morgan fingerprint density at radius 3 is 2.32 bits per heavy atom. The van der Waals surface area contributed by atoms with Crippen LogP contribution in [0.15, 0.2) is 30.5 Å². The van der Waals surface area contributed by atoms with E-state index in [1.165, 1.54) is 32.5 Å². The van der Waals surface area contributed by atoms with Gasteiger partial charge in [-0.2, -0.15) is 0 Å². The molecule has 9 heteroatoms. The Morgan fingerprint density at radius 2 is 1.64 bits per heavy atom. The summed E-state index contributed by atoms with van der Waals surface area (Å²) < 4.78 is 22.1. The molecule has 1 aromatic carbocycles. The fourth-order valence-corrected chi connectivity index (χ4v) is 4.26. The van der Waals surface area contributed by atoms with Crippen molar-refractivity contribution < 1.29 is 33.3 Å². The van der Waals surface area contributed by atoms with Crippen LogP contribution in [-0.2, 0) is 28.6 Å². The number of ether oxygens (including phenoxy) is 4. The zero-order valence-corrected chi connectivity index (χ0v) is 16.5. The molecule has 2 heterocycles. The molecule has 1 aromatic heterocycles. The number of fused-ring (bicyclic) bond motifs is 1. The minimum atomic E-state index is -0.967. The van der Waals surface area contributed by atoms with Gasteiger partial charge in [0, 0.05) is 44.3 Å². The highest BCUT2D eigenvalue weighted by Crippen LogP contribution is 2.34. The number of thioether (sulfide) groups is 1. The second-order valence-electron chi connectivity index (χ2n) is 6.34. The van der Waals surface area contributed by atoms with Crippen LogP contribution < -0.4 is 4.74 Å². The first-order valence-electron chi connectivity index (χ1n) is 8.70. The van der Waals surface area contributed by atoms with Crippen molar-refractivity contribution in [3.05, 3.63) is 30.5 Å². The summed E-state index contributed by atoms with van der Waals surface area (Å²) in [6.45, 7) is 3.77. The van der Waals surface area contributed by atoms with Crippen molar-refractivity contribution >= 4 is 40.6 Å². The predicted octanol–water partition coefficient (Wildman–Crippen LogP) is 2.41. The van der Waals surface area contributed by atoms with E-state index in [9.17, 15) is 14.4 Å². The number of aromatic amines is 1. The number of rotatable bonds is 5. The van der Waals surface area contributed by atoms with E-state index < -0.39 is 41.7 Å². The van der Waals surface area contributed by atoms with Crippen LogP contribution >= 0.6 is 11.8 Å². The highest BCUT2D eigenvalue weighted by Gasteiger charge is 2.47. The number of H-pyrrole nitrogens is 1. The smallest absolute Gasteiger partial charge is 0.303 e. The third-order valence-corrected chi connectivity index (χ3v) is 5.30. The molecule has 0 unspecified atom stereocenters. The fourth-order valence-electron chi connectivity index (χ4n) is 3.04. The summed E-state index contributed by atoms with van der Waals surface area (Å²) in [6, 6.07) is 7.48. The van der Waals surface area contributed by atoms with E-state index in [4.69, 9.17) is 18.9 Å². The molecule has 1 aliphatic heterocycles. The molecule has 0 saturated carbocycles. The zero-order chi connectivity index (χ0) is 20.3. The van der Waals surface area contributed by atoms with Gasteiger partial charge in [-0.1, -0.05) is 0 Å². The summed E-state index contributed by atoms with van der Waals surface area (Å²) in [5.74, 6) is -0.750. The Hall–Kier alpha value is -2.68. The molecule has 0 radical (unpaired) electrons. The minimum Gasteiger partial charge on any atom is -0.476 e. The van der Waals surface area contributed by atoms with Crippen molar-refractivity contribution in [2.75, 3.05) is 5.75 Å². The Morgan fingerprint density at radius 1 is 0.964 bits per heavy atom. The molecule has 1 fully saturated rings. The molecular weight excluding hydrogens is 386 g/mol. The van der Waals surface area contributed by atoms with Crippen LogP contribution in [0.1, 0.15) is 20.8 Å². The van der Waals surface area contributed by atoms with E-state index in [0.717, 1.165) is 10.9 Å². The van der Waals surface area contributed by atoms with Gasteiger partial charge in [-0.3, -0.25) is 14.4 Å². The second-order valence-corrected chi connectivity index (χ2v) is 7.47. The van der Waals surface area contributed by atoms with Crippen LogP contribution in [0.3, 0.4) is 0 Å². The summed E-state index contributed by atoms with van der Waals surface area (Å²) >= 11 is 1.32. The van der Waals surface area contributed by atoms with E-state index >= 15 is 0 Å². The van der Waals surface area contributed by atoms with Gasteiger partial charge in [-0.05, 0) is 23.6 Å². The third kappa shape index (κ3) is 4.78. The third-order valence-electron chi connectivity index (χ3n) is 4.08. The Bertz CT molecular complexity index is 880. The highest BCUT2D eigenvalue weighted by molar-refractivity contribution is 7.99. The van der Waals surface area contributed by atoms with E-state index in [-0.39, 0.29) is 0 Å². The first-order valence-corrected chi connectivity index (χ1v) is 9.75. The molecule has 1 N–H and O–H groups in total. The fraction of sp³-hybridized carbons (Fsp3) is 0.421. The van der Waals surface area contributed by atoms with E-state index in [0.29, 0.717) is 11.5 Å².